The summed E-state index contributed by atoms with van der Waals surface area (Å²) in [6, 6.07) is 11.7. The normalized spacial score (nSPS) is 10.5. The number of phenols is 1. The van der Waals surface area contributed by atoms with Gasteiger partial charge in [-0.3, -0.25) is 4.79 Å². The molecule has 2 rings (SSSR count). The highest BCUT2D eigenvalue weighted by atomic mass is 32.2. The summed E-state index contributed by atoms with van der Waals surface area (Å²) in [5, 5.41) is 9.25. The molecule has 0 unspecified atom stereocenters. The Morgan fingerprint density at radius 1 is 1.24 bits per heavy atom. The Hall–Kier alpha value is -2.21. The second kappa shape index (κ2) is 9.32. The Bertz CT molecular complexity index is 706. The van der Waals surface area contributed by atoms with Crippen LogP contribution in [0.25, 0.3) is 0 Å². The number of hydrogen-bond donors (Lipinski definition) is 1. The van der Waals surface area contributed by atoms with Crippen LogP contribution in [-0.2, 0) is 11.3 Å². The predicted molar refractivity (Wildman–Crippen MR) is 97.5 cm³/mol. The molecule has 0 aliphatic carbocycles. The summed E-state index contributed by atoms with van der Waals surface area (Å²) in [4.78, 5) is 14.9. The molecule has 1 amide bonds. The second-order valence-corrected chi connectivity index (χ2v) is 6.80. The van der Waals surface area contributed by atoms with Gasteiger partial charge < -0.3 is 14.7 Å². The van der Waals surface area contributed by atoms with Gasteiger partial charge in [0.1, 0.15) is 5.75 Å². The zero-order chi connectivity index (χ0) is 18.2. The van der Waals surface area contributed by atoms with Gasteiger partial charge in [-0.1, -0.05) is 12.1 Å². The minimum Gasteiger partial charge on any atom is -0.508 e. The molecule has 134 valence electrons. The fraction of sp³-hybridized carbons (Fsp3) is 0.316. The van der Waals surface area contributed by atoms with Crippen LogP contribution in [0, 0.1) is 5.82 Å². The lowest BCUT2D eigenvalue weighted by Gasteiger charge is -2.19. The van der Waals surface area contributed by atoms with Crippen molar-refractivity contribution in [1.29, 1.82) is 0 Å². The van der Waals surface area contributed by atoms with Crippen molar-refractivity contribution in [2.75, 3.05) is 19.9 Å². The topological polar surface area (TPSA) is 49.8 Å². The van der Waals surface area contributed by atoms with Crippen molar-refractivity contribution in [3.8, 4) is 11.5 Å². The lowest BCUT2D eigenvalue weighted by Crippen LogP contribution is -2.26. The van der Waals surface area contributed by atoms with E-state index in [2.05, 4.69) is 0 Å². The molecule has 0 radical (unpaired) electrons. The number of nitrogens with zero attached hydrogens (tertiary/aromatic N) is 1. The molecule has 0 bridgehead atoms. The monoisotopic (exact) mass is 363 g/mol. The maximum absolute atomic E-state index is 13.7. The van der Waals surface area contributed by atoms with Gasteiger partial charge in [0.25, 0.3) is 0 Å². The summed E-state index contributed by atoms with van der Waals surface area (Å²) in [7, 11) is 3.13. The number of benzene rings is 2. The molecule has 6 heteroatoms. The number of halogens is 1. The quantitative estimate of drug-likeness (QED) is 0.567. The minimum atomic E-state index is -0.425. The molecule has 1 N–H and O–H groups in total. The van der Waals surface area contributed by atoms with Crippen LogP contribution in [0.4, 0.5) is 4.39 Å². The van der Waals surface area contributed by atoms with Gasteiger partial charge in [0, 0.05) is 30.5 Å². The largest absolute Gasteiger partial charge is 0.508 e. The summed E-state index contributed by atoms with van der Waals surface area (Å²) < 4.78 is 18.8. The third-order valence-electron chi connectivity index (χ3n) is 3.73. The third kappa shape index (κ3) is 5.67. The molecule has 0 aromatic heterocycles. The third-order valence-corrected chi connectivity index (χ3v) is 4.82. The molecule has 0 atom stereocenters. The van der Waals surface area contributed by atoms with Gasteiger partial charge in [-0.15, -0.1) is 11.8 Å². The summed E-state index contributed by atoms with van der Waals surface area (Å²) in [6.45, 7) is 0.310. The zero-order valence-electron chi connectivity index (χ0n) is 14.4. The van der Waals surface area contributed by atoms with Crippen molar-refractivity contribution in [1.82, 2.24) is 4.90 Å². The standard InChI is InChI=1S/C19H22FNO3S/c1-21(13-14-5-3-6-17(20)19(14)24-2)18(23)7-4-12-25-16-10-8-15(22)9-11-16/h3,5-6,8-11,22H,4,7,12-13H2,1-2H3. The van der Waals surface area contributed by atoms with Crippen LogP contribution in [0.2, 0.25) is 0 Å². The van der Waals surface area contributed by atoms with Gasteiger partial charge in [-0.05, 0) is 42.5 Å². The van der Waals surface area contributed by atoms with Crippen molar-refractivity contribution in [2.24, 2.45) is 0 Å². The average Bonchev–Trinajstić information content (AvgIpc) is 2.60. The number of carbonyl (C=O) groups excluding carboxylic acids is 1. The SMILES string of the molecule is COc1c(F)cccc1CN(C)C(=O)CCCSc1ccc(O)cc1. The molecular formula is C19H22FNO3S. The first-order chi connectivity index (χ1) is 12.0. The summed E-state index contributed by atoms with van der Waals surface area (Å²) in [5.74, 6) is 0.830. The van der Waals surface area contributed by atoms with E-state index in [1.54, 1.807) is 48.0 Å². The predicted octanol–water partition coefficient (Wildman–Crippen LogP) is 4.07. The van der Waals surface area contributed by atoms with Crippen molar-refractivity contribution in [2.45, 2.75) is 24.3 Å². The van der Waals surface area contributed by atoms with Gasteiger partial charge in [0.05, 0.1) is 7.11 Å². The van der Waals surface area contributed by atoms with Crippen LogP contribution in [0.5, 0.6) is 11.5 Å². The van der Waals surface area contributed by atoms with Crippen LogP contribution in [0.3, 0.4) is 0 Å². The van der Waals surface area contributed by atoms with E-state index in [1.807, 2.05) is 12.1 Å². The number of ether oxygens (including phenoxy) is 1. The fourth-order valence-corrected chi connectivity index (χ4v) is 3.25. The molecule has 0 heterocycles. The molecular weight excluding hydrogens is 341 g/mol. The van der Waals surface area contributed by atoms with Crippen LogP contribution in [-0.4, -0.2) is 35.8 Å². The van der Waals surface area contributed by atoms with Crippen LogP contribution in [0.1, 0.15) is 18.4 Å². The van der Waals surface area contributed by atoms with E-state index in [9.17, 15) is 14.3 Å². The maximum Gasteiger partial charge on any atom is 0.222 e. The Labute approximate surface area is 151 Å². The van der Waals surface area contributed by atoms with Crippen LogP contribution >= 0.6 is 11.8 Å². The second-order valence-electron chi connectivity index (χ2n) is 5.63. The maximum atomic E-state index is 13.7. The lowest BCUT2D eigenvalue weighted by molar-refractivity contribution is -0.130. The fourth-order valence-electron chi connectivity index (χ4n) is 2.40. The minimum absolute atomic E-state index is 0.0117. The Kier molecular flexibility index (Phi) is 7.13. The molecule has 0 aliphatic rings. The van der Waals surface area contributed by atoms with Crippen molar-refractivity contribution in [3.05, 3.63) is 53.8 Å². The molecule has 0 saturated heterocycles. The molecule has 0 aliphatic heterocycles. The Morgan fingerprint density at radius 3 is 2.64 bits per heavy atom. The smallest absolute Gasteiger partial charge is 0.222 e. The first-order valence-corrected chi connectivity index (χ1v) is 8.97. The number of rotatable bonds is 8. The molecule has 4 nitrogen and oxygen atoms in total. The van der Waals surface area contributed by atoms with Gasteiger partial charge >= 0.3 is 0 Å². The Morgan fingerprint density at radius 2 is 1.96 bits per heavy atom. The first-order valence-electron chi connectivity index (χ1n) is 7.98. The number of hydrogen-bond acceptors (Lipinski definition) is 4. The van der Waals surface area contributed by atoms with E-state index in [0.29, 0.717) is 18.5 Å². The van der Waals surface area contributed by atoms with E-state index >= 15 is 0 Å². The number of thioether (sulfide) groups is 1. The molecule has 0 fully saturated rings. The van der Waals surface area contributed by atoms with E-state index in [4.69, 9.17) is 4.74 Å². The molecule has 2 aromatic carbocycles. The van der Waals surface area contributed by atoms with E-state index in [1.165, 1.54) is 13.2 Å². The van der Waals surface area contributed by atoms with Gasteiger partial charge in [0.15, 0.2) is 11.6 Å². The Balaban J connectivity index is 1.78. The average molecular weight is 363 g/mol. The van der Waals surface area contributed by atoms with Gasteiger partial charge in [0.2, 0.25) is 5.91 Å². The zero-order valence-corrected chi connectivity index (χ0v) is 15.2. The van der Waals surface area contributed by atoms with E-state index in [-0.39, 0.29) is 17.4 Å². The molecule has 25 heavy (non-hydrogen) atoms. The number of phenolic OH excluding ortho intramolecular Hbond substituents is 1. The summed E-state index contributed by atoms with van der Waals surface area (Å²) >= 11 is 1.64. The first kappa shape index (κ1) is 19.1. The summed E-state index contributed by atoms with van der Waals surface area (Å²) in [6.07, 6.45) is 1.17. The van der Waals surface area contributed by atoms with Gasteiger partial charge in [-0.2, -0.15) is 0 Å². The molecule has 2 aromatic rings. The highest BCUT2D eigenvalue weighted by molar-refractivity contribution is 7.99. The van der Waals surface area contributed by atoms with Crippen LogP contribution in [0.15, 0.2) is 47.4 Å². The number of amides is 1. The number of para-hydroxylation sites is 1. The van der Waals surface area contributed by atoms with Crippen molar-refractivity contribution >= 4 is 17.7 Å². The van der Waals surface area contributed by atoms with E-state index in [0.717, 1.165) is 17.1 Å². The van der Waals surface area contributed by atoms with E-state index < -0.39 is 5.82 Å². The number of aromatic hydroxyl groups is 1. The molecule has 0 spiro atoms. The van der Waals surface area contributed by atoms with Gasteiger partial charge in [-0.25, -0.2) is 4.39 Å². The number of carbonyl (C=O) groups is 1. The van der Waals surface area contributed by atoms with Crippen LogP contribution < -0.4 is 4.74 Å². The van der Waals surface area contributed by atoms with Crippen molar-refractivity contribution < 1.29 is 19.0 Å². The van der Waals surface area contributed by atoms with Crippen molar-refractivity contribution in [3.63, 3.8) is 0 Å². The highest BCUT2D eigenvalue weighted by Gasteiger charge is 2.14. The summed E-state index contributed by atoms with van der Waals surface area (Å²) in [5.41, 5.74) is 0.650. The number of methoxy groups -OCH3 is 1. The highest BCUT2D eigenvalue weighted by Crippen LogP contribution is 2.24. The lowest BCUT2D eigenvalue weighted by atomic mass is 10.1. The molecule has 0 saturated carbocycles.